The molecule has 0 aliphatic heterocycles. The molecule has 0 radical (unpaired) electrons. The summed E-state index contributed by atoms with van der Waals surface area (Å²) >= 11 is 0. The minimum Gasteiger partial charge on any atom is -0.481 e. The number of carboxylic acid groups (broad SMARTS) is 1. The molecule has 1 rings (SSSR count). The van der Waals surface area contributed by atoms with Gasteiger partial charge in [0.05, 0.1) is 13.5 Å². The van der Waals surface area contributed by atoms with E-state index in [1.54, 1.807) is 19.9 Å². The number of aliphatic carboxylic acids is 1. The highest BCUT2D eigenvalue weighted by atomic mass is 16.5. The second kappa shape index (κ2) is 3.69. The first kappa shape index (κ1) is 10.6. The predicted molar refractivity (Wildman–Crippen MR) is 48.3 cm³/mol. The van der Waals surface area contributed by atoms with E-state index in [4.69, 9.17) is 14.4 Å². The number of ether oxygens (including phenoxy) is 1. The third-order valence-electron chi connectivity index (χ3n) is 1.96. The van der Waals surface area contributed by atoms with Crippen LogP contribution in [0.1, 0.15) is 26.0 Å². The zero-order chi connectivity index (χ0) is 10.8. The van der Waals surface area contributed by atoms with E-state index in [-0.39, 0.29) is 6.42 Å². The number of carbonyl (C=O) groups is 1. The van der Waals surface area contributed by atoms with Crippen LogP contribution in [-0.2, 0) is 10.2 Å². The van der Waals surface area contributed by atoms with Crippen LogP contribution in [0.5, 0.6) is 5.88 Å². The summed E-state index contributed by atoms with van der Waals surface area (Å²) in [7, 11) is 1.48. The van der Waals surface area contributed by atoms with Crippen molar-refractivity contribution < 1.29 is 19.2 Å². The maximum Gasteiger partial charge on any atom is 0.304 e. The van der Waals surface area contributed by atoms with E-state index >= 15 is 0 Å². The quantitative estimate of drug-likeness (QED) is 0.794. The molecule has 5 nitrogen and oxygen atoms in total. The minimum absolute atomic E-state index is 0.00858. The molecule has 0 aliphatic rings. The number of methoxy groups -OCH3 is 1. The first-order valence-electron chi connectivity index (χ1n) is 4.18. The van der Waals surface area contributed by atoms with Crippen LogP contribution in [0.15, 0.2) is 10.6 Å². The van der Waals surface area contributed by atoms with Crippen LogP contribution in [-0.4, -0.2) is 23.3 Å². The summed E-state index contributed by atoms with van der Waals surface area (Å²) in [5.41, 5.74) is -0.574. The van der Waals surface area contributed by atoms with Gasteiger partial charge in [0.1, 0.15) is 5.76 Å². The number of hydrogen-bond donors (Lipinski definition) is 1. The molecule has 5 heteroatoms. The first-order chi connectivity index (χ1) is 6.45. The fourth-order valence-electron chi connectivity index (χ4n) is 1.14. The smallest absolute Gasteiger partial charge is 0.304 e. The number of rotatable bonds is 4. The Kier molecular flexibility index (Phi) is 2.78. The van der Waals surface area contributed by atoms with Crippen LogP contribution in [0.25, 0.3) is 0 Å². The first-order valence-corrected chi connectivity index (χ1v) is 4.18. The van der Waals surface area contributed by atoms with Crippen molar-refractivity contribution in [1.29, 1.82) is 0 Å². The molecule has 0 aliphatic carbocycles. The highest BCUT2D eigenvalue weighted by Crippen LogP contribution is 2.29. The van der Waals surface area contributed by atoms with E-state index in [0.717, 1.165) is 0 Å². The van der Waals surface area contributed by atoms with Crippen LogP contribution < -0.4 is 4.74 Å². The summed E-state index contributed by atoms with van der Waals surface area (Å²) in [5, 5.41) is 12.3. The third-order valence-corrected chi connectivity index (χ3v) is 1.96. The van der Waals surface area contributed by atoms with Crippen molar-refractivity contribution in [2.75, 3.05) is 7.11 Å². The molecule has 14 heavy (non-hydrogen) atoms. The zero-order valence-electron chi connectivity index (χ0n) is 8.40. The lowest BCUT2D eigenvalue weighted by Gasteiger charge is -2.17. The number of aromatic nitrogens is 1. The zero-order valence-corrected chi connectivity index (χ0v) is 8.40. The Balaban J connectivity index is 2.85. The molecule has 0 saturated heterocycles. The second-order valence-electron chi connectivity index (χ2n) is 3.69. The maximum atomic E-state index is 10.6. The van der Waals surface area contributed by atoms with Gasteiger partial charge in [0.25, 0.3) is 5.88 Å². The molecule has 1 heterocycles. The lowest BCUT2D eigenvalue weighted by atomic mass is 9.87. The molecule has 0 fully saturated rings. The molecule has 0 spiro atoms. The molecular weight excluding hydrogens is 186 g/mol. The van der Waals surface area contributed by atoms with E-state index in [2.05, 4.69) is 5.16 Å². The monoisotopic (exact) mass is 199 g/mol. The summed E-state index contributed by atoms with van der Waals surface area (Å²) in [6, 6.07) is 1.60. The highest BCUT2D eigenvalue weighted by molar-refractivity contribution is 5.68. The molecule has 0 saturated carbocycles. The molecule has 1 N–H and O–H groups in total. The Morgan fingerprint density at radius 2 is 2.36 bits per heavy atom. The Labute approximate surface area is 81.7 Å². The van der Waals surface area contributed by atoms with Crippen LogP contribution in [0, 0.1) is 0 Å². The summed E-state index contributed by atoms with van der Waals surface area (Å²) in [6.07, 6.45) is -0.00858. The number of nitrogens with zero attached hydrogens (tertiary/aromatic N) is 1. The van der Waals surface area contributed by atoms with Gasteiger partial charge in [-0.05, 0) is 5.16 Å². The van der Waals surface area contributed by atoms with Gasteiger partial charge in [0.2, 0.25) is 0 Å². The van der Waals surface area contributed by atoms with Gasteiger partial charge < -0.3 is 14.4 Å². The lowest BCUT2D eigenvalue weighted by molar-refractivity contribution is -0.138. The van der Waals surface area contributed by atoms with Crippen LogP contribution in [0.4, 0.5) is 0 Å². The van der Waals surface area contributed by atoms with E-state index in [0.29, 0.717) is 11.6 Å². The van der Waals surface area contributed by atoms with Crippen molar-refractivity contribution in [2.24, 2.45) is 0 Å². The maximum absolute atomic E-state index is 10.6. The number of carboxylic acids is 1. The van der Waals surface area contributed by atoms with Crippen molar-refractivity contribution in [3.8, 4) is 5.88 Å². The van der Waals surface area contributed by atoms with Crippen molar-refractivity contribution in [1.82, 2.24) is 5.16 Å². The van der Waals surface area contributed by atoms with Crippen molar-refractivity contribution in [3.05, 3.63) is 11.8 Å². The molecule has 1 aromatic rings. The fraction of sp³-hybridized carbons (Fsp3) is 0.556. The van der Waals surface area contributed by atoms with Crippen LogP contribution >= 0.6 is 0 Å². The van der Waals surface area contributed by atoms with Crippen LogP contribution in [0.2, 0.25) is 0 Å². The molecule has 78 valence electrons. The minimum atomic E-state index is -0.870. The van der Waals surface area contributed by atoms with Crippen molar-refractivity contribution in [3.63, 3.8) is 0 Å². The second-order valence-corrected chi connectivity index (χ2v) is 3.69. The molecule has 0 aromatic carbocycles. The van der Waals surface area contributed by atoms with Gasteiger partial charge >= 0.3 is 5.97 Å². The Bertz CT molecular complexity index is 329. The molecule has 0 atom stereocenters. The predicted octanol–water partition coefficient (Wildman–Crippen LogP) is 1.44. The summed E-state index contributed by atoms with van der Waals surface area (Å²) < 4.78 is 9.83. The van der Waals surface area contributed by atoms with Gasteiger partial charge in [-0.3, -0.25) is 4.79 Å². The molecule has 0 bridgehead atoms. The van der Waals surface area contributed by atoms with E-state index < -0.39 is 11.4 Å². The Morgan fingerprint density at radius 3 is 2.79 bits per heavy atom. The Morgan fingerprint density at radius 1 is 1.71 bits per heavy atom. The average molecular weight is 199 g/mol. The topological polar surface area (TPSA) is 72.6 Å². The SMILES string of the molecule is COc1cc(C(C)(C)CC(=O)O)on1. The summed E-state index contributed by atoms with van der Waals surface area (Å²) in [4.78, 5) is 10.6. The number of hydrogen-bond acceptors (Lipinski definition) is 4. The van der Waals surface area contributed by atoms with Crippen molar-refractivity contribution in [2.45, 2.75) is 25.7 Å². The van der Waals surface area contributed by atoms with Gasteiger partial charge in [-0.1, -0.05) is 13.8 Å². The third kappa shape index (κ3) is 2.25. The lowest BCUT2D eigenvalue weighted by Crippen LogP contribution is -2.20. The van der Waals surface area contributed by atoms with Gasteiger partial charge in [-0.25, -0.2) is 0 Å². The van der Waals surface area contributed by atoms with Crippen molar-refractivity contribution >= 4 is 5.97 Å². The van der Waals surface area contributed by atoms with E-state index in [1.807, 2.05) is 0 Å². The summed E-state index contributed by atoms with van der Waals surface area (Å²) in [6.45, 7) is 3.56. The molecule has 0 amide bonds. The van der Waals surface area contributed by atoms with Gasteiger partial charge in [-0.15, -0.1) is 0 Å². The Hall–Kier alpha value is -1.52. The fourth-order valence-corrected chi connectivity index (χ4v) is 1.14. The molecule has 0 unspecified atom stereocenters. The van der Waals surface area contributed by atoms with E-state index in [9.17, 15) is 4.79 Å². The van der Waals surface area contributed by atoms with E-state index in [1.165, 1.54) is 7.11 Å². The average Bonchev–Trinajstić information content (AvgIpc) is 2.49. The summed E-state index contributed by atoms with van der Waals surface area (Å²) in [5.74, 6) is 0.000538. The van der Waals surface area contributed by atoms with Gasteiger partial charge in [0.15, 0.2) is 0 Å². The largest absolute Gasteiger partial charge is 0.481 e. The van der Waals surface area contributed by atoms with Crippen LogP contribution in [0.3, 0.4) is 0 Å². The standard InChI is InChI=1S/C9H13NO4/c1-9(2,5-8(11)12)6-4-7(13-3)10-14-6/h4H,5H2,1-3H3,(H,11,12). The normalized spacial score (nSPS) is 11.4. The van der Waals surface area contributed by atoms with Gasteiger partial charge in [-0.2, -0.15) is 0 Å². The highest BCUT2D eigenvalue weighted by Gasteiger charge is 2.28. The molecular formula is C9H13NO4. The molecule has 1 aromatic heterocycles. The van der Waals surface area contributed by atoms with Gasteiger partial charge in [0, 0.05) is 11.5 Å².